The molecule has 0 fully saturated rings. The van der Waals surface area contributed by atoms with Crippen LogP contribution in [0.5, 0.6) is 0 Å². The number of aliphatic carboxylic acids is 1. The van der Waals surface area contributed by atoms with E-state index in [1.54, 1.807) is 18.3 Å². The van der Waals surface area contributed by atoms with E-state index < -0.39 is 29.7 Å². The third kappa shape index (κ3) is 9.68. The number of aromatic nitrogens is 2. The molecule has 0 unspecified atom stereocenters. The van der Waals surface area contributed by atoms with Crippen LogP contribution < -0.4 is 5.32 Å². The lowest BCUT2D eigenvalue weighted by Gasteiger charge is -2.19. The third-order valence-corrected chi connectivity index (χ3v) is 5.07. The van der Waals surface area contributed by atoms with Gasteiger partial charge in [-0.15, -0.1) is 11.3 Å². The first-order valence-electron chi connectivity index (χ1n) is 10.7. The number of nitrogens with one attached hydrogen (secondary N) is 2. The highest BCUT2D eigenvalue weighted by molar-refractivity contribution is 7.09. The molecule has 13 heteroatoms. The molecule has 0 bridgehead atoms. The maximum Gasteiger partial charge on any atom is 0.490 e. The van der Waals surface area contributed by atoms with Crippen LogP contribution in [0.4, 0.5) is 13.2 Å². The molecule has 0 radical (unpaired) electrons. The minimum atomic E-state index is -5.08. The van der Waals surface area contributed by atoms with Gasteiger partial charge in [0, 0.05) is 29.9 Å². The third-order valence-electron chi connectivity index (χ3n) is 4.10. The van der Waals surface area contributed by atoms with Gasteiger partial charge in [0.1, 0.15) is 16.3 Å². The summed E-state index contributed by atoms with van der Waals surface area (Å²) in [5.74, 6) is -3.67. The molecule has 9 nitrogen and oxygen atoms in total. The molecular weight excluding hydrogens is 491 g/mol. The Balaban J connectivity index is 0.000000762. The van der Waals surface area contributed by atoms with E-state index in [9.17, 15) is 22.8 Å². The first-order valence-corrected chi connectivity index (χ1v) is 11.5. The summed E-state index contributed by atoms with van der Waals surface area (Å²) in [6, 6.07) is 0. The summed E-state index contributed by atoms with van der Waals surface area (Å²) in [7, 11) is 0. The SMILES string of the molecule is CCOC(=O)c1c(CNCc2nc(C)cs2)[nH]c(C(=O)OC(C)(C)C)c1CC.O=C(O)C(F)(F)F. The zero-order chi connectivity index (χ0) is 27.0. The van der Waals surface area contributed by atoms with Crippen molar-refractivity contribution in [1.82, 2.24) is 15.3 Å². The van der Waals surface area contributed by atoms with Crippen LogP contribution in [0.3, 0.4) is 0 Å². The van der Waals surface area contributed by atoms with E-state index in [4.69, 9.17) is 19.4 Å². The maximum absolute atomic E-state index is 12.6. The number of carboxylic acid groups (broad SMARTS) is 1. The van der Waals surface area contributed by atoms with Crippen LogP contribution >= 0.6 is 11.3 Å². The van der Waals surface area contributed by atoms with Crippen molar-refractivity contribution in [3.05, 3.63) is 38.6 Å². The molecule has 0 amide bonds. The molecule has 196 valence electrons. The molecule has 2 aromatic heterocycles. The summed E-state index contributed by atoms with van der Waals surface area (Å²) >= 11 is 1.58. The van der Waals surface area contributed by atoms with Crippen LogP contribution in [0.25, 0.3) is 0 Å². The summed E-state index contributed by atoms with van der Waals surface area (Å²) in [5, 5.41) is 13.4. The molecule has 0 aliphatic carbocycles. The van der Waals surface area contributed by atoms with Crippen LogP contribution in [-0.4, -0.2) is 51.4 Å². The molecule has 0 aromatic carbocycles. The van der Waals surface area contributed by atoms with Crippen molar-refractivity contribution >= 4 is 29.2 Å². The number of rotatable bonds is 8. The van der Waals surface area contributed by atoms with E-state index in [2.05, 4.69) is 15.3 Å². The lowest BCUT2D eigenvalue weighted by molar-refractivity contribution is -0.192. The number of alkyl halides is 3. The molecule has 2 heterocycles. The molecular formula is C22H30F3N3O6S. The van der Waals surface area contributed by atoms with Crippen molar-refractivity contribution in [2.75, 3.05) is 6.61 Å². The van der Waals surface area contributed by atoms with Gasteiger partial charge in [0.15, 0.2) is 0 Å². The summed E-state index contributed by atoms with van der Waals surface area (Å²) in [6.07, 6.45) is -4.58. The van der Waals surface area contributed by atoms with Crippen molar-refractivity contribution in [2.45, 2.75) is 72.8 Å². The van der Waals surface area contributed by atoms with Gasteiger partial charge >= 0.3 is 24.1 Å². The van der Waals surface area contributed by atoms with Gasteiger partial charge in [-0.25, -0.2) is 19.4 Å². The number of carbonyl (C=O) groups is 3. The highest BCUT2D eigenvalue weighted by Crippen LogP contribution is 2.24. The number of carboxylic acids is 1. The second-order valence-corrected chi connectivity index (χ2v) is 9.14. The van der Waals surface area contributed by atoms with E-state index in [0.29, 0.717) is 42.0 Å². The fourth-order valence-corrected chi connectivity index (χ4v) is 3.55. The molecule has 0 aliphatic rings. The number of esters is 2. The van der Waals surface area contributed by atoms with Gasteiger partial charge < -0.3 is 24.9 Å². The predicted octanol–water partition coefficient (Wildman–Crippen LogP) is 4.40. The van der Waals surface area contributed by atoms with Gasteiger partial charge in [-0.05, 0) is 46.6 Å². The molecule has 35 heavy (non-hydrogen) atoms. The first-order chi connectivity index (χ1) is 16.1. The number of aryl methyl sites for hydroxylation is 1. The summed E-state index contributed by atoms with van der Waals surface area (Å²) < 4.78 is 42.5. The minimum absolute atomic E-state index is 0.264. The summed E-state index contributed by atoms with van der Waals surface area (Å²) in [4.78, 5) is 41.6. The normalized spacial score (nSPS) is 11.5. The molecule has 0 aliphatic heterocycles. The van der Waals surface area contributed by atoms with Crippen LogP contribution in [0.1, 0.15) is 77.4 Å². The highest BCUT2D eigenvalue weighted by atomic mass is 32.1. The van der Waals surface area contributed by atoms with Crippen molar-refractivity contribution < 1.29 is 42.1 Å². The molecule has 3 N–H and O–H groups in total. The van der Waals surface area contributed by atoms with E-state index in [1.165, 1.54) is 0 Å². The minimum Gasteiger partial charge on any atom is -0.475 e. The van der Waals surface area contributed by atoms with Gasteiger partial charge in [0.2, 0.25) is 0 Å². The lowest BCUT2D eigenvalue weighted by atomic mass is 10.1. The molecule has 0 saturated carbocycles. The fourth-order valence-electron chi connectivity index (χ4n) is 2.81. The fraction of sp³-hybridized carbons (Fsp3) is 0.545. The van der Waals surface area contributed by atoms with E-state index in [0.717, 1.165) is 10.7 Å². The van der Waals surface area contributed by atoms with Crippen molar-refractivity contribution in [3.63, 3.8) is 0 Å². The predicted molar refractivity (Wildman–Crippen MR) is 122 cm³/mol. The second kappa shape index (κ2) is 12.7. The molecule has 0 saturated heterocycles. The van der Waals surface area contributed by atoms with Gasteiger partial charge in [0.25, 0.3) is 0 Å². The summed E-state index contributed by atoms with van der Waals surface area (Å²) in [6.45, 7) is 12.2. The Morgan fingerprint density at radius 1 is 1.14 bits per heavy atom. The van der Waals surface area contributed by atoms with Crippen LogP contribution in [0.2, 0.25) is 0 Å². The van der Waals surface area contributed by atoms with Gasteiger partial charge in [-0.1, -0.05) is 6.92 Å². The lowest BCUT2D eigenvalue weighted by Crippen LogP contribution is -2.24. The number of H-pyrrole nitrogens is 1. The Kier molecular flexibility index (Phi) is 10.9. The summed E-state index contributed by atoms with van der Waals surface area (Å²) in [5.41, 5.74) is 2.31. The van der Waals surface area contributed by atoms with Crippen molar-refractivity contribution in [3.8, 4) is 0 Å². The Hall–Kier alpha value is -2.93. The van der Waals surface area contributed by atoms with Crippen molar-refractivity contribution in [1.29, 1.82) is 0 Å². The van der Waals surface area contributed by atoms with Gasteiger partial charge in [-0.2, -0.15) is 13.2 Å². The zero-order valence-corrected chi connectivity index (χ0v) is 21.2. The van der Waals surface area contributed by atoms with Crippen LogP contribution in [-0.2, 0) is 33.8 Å². The largest absolute Gasteiger partial charge is 0.490 e. The number of hydrogen-bond acceptors (Lipinski definition) is 8. The molecule has 2 aromatic rings. The first kappa shape index (κ1) is 30.1. The number of thiazole rings is 1. The van der Waals surface area contributed by atoms with Crippen LogP contribution in [0, 0.1) is 6.92 Å². The standard InChI is InChI=1S/C20H29N3O4S.C2HF3O2/c1-7-13-16(18(24)26-8-2)14(9-21-10-15-22-12(3)11-28-15)23-17(13)19(25)27-20(4,5)6;3-2(4,5)1(6)7/h11,21,23H,7-10H2,1-6H3;(H,6,7). The van der Waals surface area contributed by atoms with Crippen molar-refractivity contribution in [2.24, 2.45) is 0 Å². The Bertz CT molecular complexity index is 1020. The Morgan fingerprint density at radius 3 is 2.17 bits per heavy atom. The zero-order valence-electron chi connectivity index (χ0n) is 20.4. The Labute approximate surface area is 205 Å². The second-order valence-electron chi connectivity index (χ2n) is 8.20. The van der Waals surface area contributed by atoms with E-state index in [-0.39, 0.29) is 6.61 Å². The maximum atomic E-state index is 12.6. The van der Waals surface area contributed by atoms with Crippen LogP contribution in [0.15, 0.2) is 5.38 Å². The van der Waals surface area contributed by atoms with Gasteiger partial charge in [0.05, 0.1) is 12.2 Å². The quantitative estimate of drug-likeness (QED) is 0.436. The average molecular weight is 522 g/mol. The molecule has 0 atom stereocenters. The number of aromatic amines is 1. The number of ether oxygens (including phenoxy) is 2. The monoisotopic (exact) mass is 521 g/mol. The van der Waals surface area contributed by atoms with E-state index in [1.807, 2.05) is 40.0 Å². The highest BCUT2D eigenvalue weighted by Gasteiger charge is 2.38. The number of hydrogen-bond donors (Lipinski definition) is 3. The topological polar surface area (TPSA) is 131 Å². The number of carbonyl (C=O) groups excluding carboxylic acids is 2. The average Bonchev–Trinajstić information content (AvgIpc) is 3.30. The Morgan fingerprint density at radius 2 is 1.74 bits per heavy atom. The smallest absolute Gasteiger partial charge is 0.475 e. The number of halogens is 3. The van der Waals surface area contributed by atoms with E-state index >= 15 is 0 Å². The molecule has 2 rings (SSSR count). The van der Waals surface area contributed by atoms with Gasteiger partial charge in [-0.3, -0.25) is 0 Å². The molecule has 0 spiro atoms. The number of nitrogens with zero attached hydrogens (tertiary/aromatic N) is 1.